The first-order valence-corrected chi connectivity index (χ1v) is 9.41. The van der Waals surface area contributed by atoms with Crippen molar-refractivity contribution in [3.8, 4) is 11.3 Å². The van der Waals surface area contributed by atoms with E-state index in [1.165, 1.54) is 18.2 Å². The number of aryl methyl sites for hydroxylation is 3. The van der Waals surface area contributed by atoms with Gasteiger partial charge in [-0.1, -0.05) is 45.0 Å². The number of aromatic nitrogens is 1. The molecule has 146 valence electrons. The van der Waals surface area contributed by atoms with Crippen LogP contribution in [0.4, 0.5) is 10.1 Å². The maximum Gasteiger partial charge on any atom is 0.229 e. The Labute approximate surface area is 174 Å². The molecule has 4 heteroatoms. The molecule has 4 aromatic rings. The van der Waals surface area contributed by atoms with E-state index in [-0.39, 0.29) is 28.1 Å². The standard InChI is InChI=1S/C25H24FN2O/c1-14-9-11-19(27-6)24-21(14)16-10-8-15(2)22(23(16)29-24)20-12-18(26)17(13-28(20)7)25(3,4)5/h8-13H,1-5,7H3/q+1/i1D3. The second kappa shape index (κ2) is 6.42. The summed E-state index contributed by atoms with van der Waals surface area (Å²) in [5.41, 5.74) is 3.43. The minimum Gasteiger partial charge on any atom is -0.466 e. The molecule has 29 heavy (non-hydrogen) atoms. The number of benzene rings is 2. The SMILES string of the molecule is [2H]C([2H])([2H])c1ccc([N+]#[C-])c2oc3c(-c4cc(F)c(C(C)(C)C)c[n+]4C)c(C)ccc3c12. The molecule has 0 saturated heterocycles. The lowest BCUT2D eigenvalue weighted by atomic mass is 9.87. The van der Waals surface area contributed by atoms with Crippen molar-refractivity contribution in [3.05, 3.63) is 70.5 Å². The summed E-state index contributed by atoms with van der Waals surface area (Å²) in [5, 5.41) is 1.00. The predicted octanol–water partition coefficient (Wildman–Crippen LogP) is 6.68. The van der Waals surface area contributed by atoms with Gasteiger partial charge in [-0.25, -0.2) is 13.8 Å². The molecule has 4 rings (SSSR count). The molecule has 0 N–H and O–H groups in total. The second-order valence-corrected chi connectivity index (χ2v) is 8.47. The zero-order chi connectivity index (χ0) is 23.6. The highest BCUT2D eigenvalue weighted by molar-refractivity contribution is 6.14. The van der Waals surface area contributed by atoms with Gasteiger partial charge in [0, 0.05) is 21.0 Å². The van der Waals surface area contributed by atoms with Crippen LogP contribution in [0.25, 0.3) is 38.0 Å². The monoisotopic (exact) mass is 390 g/mol. The molecule has 0 fully saturated rings. The molecule has 0 amide bonds. The number of rotatable bonds is 1. The fourth-order valence-corrected chi connectivity index (χ4v) is 3.86. The lowest BCUT2D eigenvalue weighted by Crippen LogP contribution is -2.34. The Morgan fingerprint density at radius 3 is 2.52 bits per heavy atom. The van der Waals surface area contributed by atoms with E-state index >= 15 is 4.39 Å². The number of pyridine rings is 1. The van der Waals surface area contributed by atoms with Crippen LogP contribution >= 0.6 is 0 Å². The highest BCUT2D eigenvalue weighted by Crippen LogP contribution is 2.41. The van der Waals surface area contributed by atoms with Gasteiger partial charge in [0.2, 0.25) is 11.4 Å². The fourth-order valence-electron chi connectivity index (χ4n) is 3.86. The Balaban J connectivity index is 2.15. The molecule has 0 spiro atoms. The Morgan fingerprint density at radius 1 is 1.14 bits per heavy atom. The number of halogens is 1. The van der Waals surface area contributed by atoms with Crippen LogP contribution in [0.5, 0.6) is 0 Å². The van der Waals surface area contributed by atoms with E-state index in [2.05, 4.69) is 4.85 Å². The van der Waals surface area contributed by atoms with Crippen LogP contribution in [-0.4, -0.2) is 0 Å². The summed E-state index contributed by atoms with van der Waals surface area (Å²) in [6, 6.07) is 8.12. The van der Waals surface area contributed by atoms with Gasteiger partial charge >= 0.3 is 0 Å². The van der Waals surface area contributed by atoms with E-state index in [0.29, 0.717) is 33.2 Å². The van der Waals surface area contributed by atoms with E-state index in [4.69, 9.17) is 15.1 Å². The van der Waals surface area contributed by atoms with E-state index in [9.17, 15) is 0 Å². The molecule has 0 aliphatic carbocycles. The number of fused-ring (bicyclic) bond motifs is 3. The molecule has 0 aliphatic rings. The maximum atomic E-state index is 15.1. The highest BCUT2D eigenvalue weighted by Gasteiger charge is 2.27. The smallest absolute Gasteiger partial charge is 0.229 e. The molecule has 2 aromatic heterocycles. The number of furan rings is 1. The van der Waals surface area contributed by atoms with Crippen molar-refractivity contribution in [1.82, 2.24) is 0 Å². The third kappa shape index (κ3) is 2.89. The van der Waals surface area contributed by atoms with Crippen LogP contribution in [0.1, 0.15) is 41.6 Å². The summed E-state index contributed by atoms with van der Waals surface area (Å²) in [7, 11) is 1.85. The molecule has 0 aliphatic heterocycles. The van der Waals surface area contributed by atoms with E-state index in [1.807, 2.05) is 51.4 Å². The third-order valence-corrected chi connectivity index (χ3v) is 5.38. The van der Waals surface area contributed by atoms with E-state index in [0.717, 1.165) is 5.56 Å². The largest absolute Gasteiger partial charge is 0.466 e. The Hall–Kier alpha value is -3.19. The number of hydrogen-bond acceptors (Lipinski definition) is 1. The molecular weight excluding hydrogens is 363 g/mol. The van der Waals surface area contributed by atoms with Gasteiger partial charge in [0.25, 0.3) is 0 Å². The van der Waals surface area contributed by atoms with Gasteiger partial charge < -0.3 is 4.42 Å². The van der Waals surface area contributed by atoms with Crippen molar-refractivity contribution in [3.63, 3.8) is 0 Å². The zero-order valence-corrected chi connectivity index (χ0v) is 17.1. The molecular formula is C25H24FN2O+. The summed E-state index contributed by atoms with van der Waals surface area (Å²) in [5.74, 6) is -0.317. The van der Waals surface area contributed by atoms with Crippen molar-refractivity contribution >= 4 is 27.6 Å². The average molecular weight is 390 g/mol. The summed E-state index contributed by atoms with van der Waals surface area (Å²) < 4.78 is 47.0. The molecule has 0 atom stereocenters. The molecule has 0 saturated carbocycles. The van der Waals surface area contributed by atoms with Crippen molar-refractivity contribution in [1.29, 1.82) is 0 Å². The van der Waals surface area contributed by atoms with Crippen molar-refractivity contribution in [2.75, 3.05) is 0 Å². The normalized spacial score (nSPS) is 13.9. The van der Waals surface area contributed by atoms with Crippen LogP contribution in [-0.2, 0) is 12.5 Å². The Kier molecular flexibility index (Phi) is 3.48. The van der Waals surface area contributed by atoms with Crippen LogP contribution in [0.3, 0.4) is 0 Å². The van der Waals surface area contributed by atoms with Crippen molar-refractivity contribution in [2.24, 2.45) is 7.05 Å². The van der Waals surface area contributed by atoms with Crippen LogP contribution in [0, 0.1) is 26.2 Å². The van der Waals surface area contributed by atoms with Crippen LogP contribution in [0.2, 0.25) is 0 Å². The molecule has 3 nitrogen and oxygen atoms in total. The first-order chi connectivity index (χ1) is 14.8. The Bertz CT molecular complexity index is 1440. The van der Waals surface area contributed by atoms with Gasteiger partial charge in [0.05, 0.1) is 17.7 Å². The van der Waals surface area contributed by atoms with Crippen LogP contribution in [0.15, 0.2) is 40.9 Å². The number of nitrogens with zero attached hydrogens (tertiary/aromatic N) is 2. The summed E-state index contributed by atoms with van der Waals surface area (Å²) in [4.78, 5) is 3.52. The van der Waals surface area contributed by atoms with Crippen LogP contribution < -0.4 is 4.57 Å². The average Bonchev–Trinajstić information content (AvgIpc) is 3.06. The quantitative estimate of drug-likeness (QED) is 0.262. The van der Waals surface area contributed by atoms with Gasteiger partial charge in [0.15, 0.2) is 6.20 Å². The van der Waals surface area contributed by atoms with Gasteiger partial charge in [-0.2, -0.15) is 0 Å². The summed E-state index contributed by atoms with van der Waals surface area (Å²) in [6.07, 6.45) is 1.78. The predicted molar refractivity (Wildman–Crippen MR) is 115 cm³/mol. The summed E-state index contributed by atoms with van der Waals surface area (Å²) >= 11 is 0. The van der Waals surface area contributed by atoms with Gasteiger partial charge in [0.1, 0.15) is 24.0 Å². The third-order valence-electron chi connectivity index (χ3n) is 5.38. The highest BCUT2D eigenvalue weighted by atomic mass is 19.1. The molecule has 2 heterocycles. The fraction of sp³-hybridized carbons (Fsp3) is 0.280. The molecule has 0 radical (unpaired) electrons. The lowest BCUT2D eigenvalue weighted by molar-refractivity contribution is -0.661. The van der Waals surface area contributed by atoms with Crippen molar-refractivity contribution in [2.45, 2.75) is 40.0 Å². The molecule has 2 aromatic carbocycles. The maximum absolute atomic E-state index is 15.1. The number of hydrogen-bond donors (Lipinski definition) is 0. The minimum absolute atomic E-state index is 0.132. The van der Waals surface area contributed by atoms with E-state index in [1.54, 1.807) is 6.20 Å². The summed E-state index contributed by atoms with van der Waals surface area (Å²) in [6.45, 7) is 12.9. The first kappa shape index (κ1) is 15.7. The minimum atomic E-state index is -2.37. The lowest BCUT2D eigenvalue weighted by Gasteiger charge is -2.18. The first-order valence-electron chi connectivity index (χ1n) is 10.9. The van der Waals surface area contributed by atoms with Gasteiger partial charge in [-0.05, 0) is 30.3 Å². The molecule has 0 bridgehead atoms. The van der Waals surface area contributed by atoms with Gasteiger partial charge in [-0.15, -0.1) is 0 Å². The van der Waals surface area contributed by atoms with Crippen molar-refractivity contribution < 1.29 is 17.5 Å². The Morgan fingerprint density at radius 2 is 1.86 bits per heavy atom. The van der Waals surface area contributed by atoms with Gasteiger partial charge in [-0.3, -0.25) is 0 Å². The second-order valence-electron chi connectivity index (χ2n) is 8.47. The molecule has 0 unspecified atom stereocenters. The zero-order valence-electron chi connectivity index (χ0n) is 20.1. The van der Waals surface area contributed by atoms with E-state index < -0.39 is 6.85 Å². The topological polar surface area (TPSA) is 21.4 Å².